The number of rotatable bonds is 4. The molecule has 0 unspecified atom stereocenters. The summed E-state index contributed by atoms with van der Waals surface area (Å²) in [5, 5.41) is 2.48. The van der Waals surface area contributed by atoms with Gasteiger partial charge in [0.05, 0.1) is 11.4 Å². The number of benzene rings is 8. The fraction of sp³-hybridized carbons (Fsp3) is 0.111. The Labute approximate surface area is 337 Å². The molecule has 0 aromatic heterocycles. The van der Waals surface area contributed by atoms with Gasteiger partial charge in [0.1, 0.15) is 0 Å². The van der Waals surface area contributed by atoms with Gasteiger partial charge in [-0.25, -0.2) is 0 Å². The van der Waals surface area contributed by atoms with Crippen molar-refractivity contribution in [3.63, 3.8) is 0 Å². The Morgan fingerprint density at radius 1 is 0.456 bits per heavy atom. The molecule has 0 atom stereocenters. The van der Waals surface area contributed by atoms with Crippen LogP contribution in [0.1, 0.15) is 47.2 Å². The zero-order valence-corrected chi connectivity index (χ0v) is 33.6. The van der Waals surface area contributed by atoms with Gasteiger partial charge in [-0.2, -0.15) is 10.0 Å². The zero-order valence-electron chi connectivity index (χ0n) is 32.8. The maximum atomic E-state index is 2.46. The van der Waals surface area contributed by atoms with Gasteiger partial charge in [0.15, 0.2) is 0 Å². The number of hydrogen-bond donors (Lipinski definition) is 0. The van der Waals surface area contributed by atoms with Gasteiger partial charge in [-0.1, -0.05) is 129 Å². The summed E-state index contributed by atoms with van der Waals surface area (Å²) in [5.74, 6) is 0. The van der Waals surface area contributed by atoms with Crippen molar-refractivity contribution in [3.05, 3.63) is 203 Å². The standard InChI is InChI=1S/C54H44N2S/c1-54(2)46-32-37(24-29-44(46)45-30-28-43(35-47(45)54)55-48-15-7-5-13-40(48)33-41-14-6-8-16-49(41)55)22-21-36-23-25-39-34-42(27-26-38(39)31-36)56-50-17-9-11-19-52(50)57(3,4)53-20-12-10-18-51(53)56/h5-32,34-35H,33H2,1-4H3/b22-21+. The number of anilines is 6. The average Bonchev–Trinajstić information content (AvgIpc) is 3.46. The molecule has 0 N–H and O–H groups in total. The lowest BCUT2D eigenvalue weighted by Crippen LogP contribution is -2.20. The van der Waals surface area contributed by atoms with Crippen LogP contribution in [-0.4, -0.2) is 12.5 Å². The Hall–Kier alpha value is -6.29. The fourth-order valence-electron chi connectivity index (χ4n) is 9.72. The van der Waals surface area contributed by atoms with E-state index in [1.54, 1.807) is 0 Å². The molecular weight excluding hydrogens is 709 g/mol. The predicted molar refractivity (Wildman–Crippen MR) is 245 cm³/mol. The van der Waals surface area contributed by atoms with E-state index < -0.39 is 10.0 Å². The number of nitrogens with zero attached hydrogens (tertiary/aromatic N) is 2. The van der Waals surface area contributed by atoms with E-state index in [-0.39, 0.29) is 5.41 Å². The molecule has 276 valence electrons. The highest BCUT2D eigenvalue weighted by Gasteiger charge is 2.37. The molecule has 8 aromatic carbocycles. The quantitative estimate of drug-likeness (QED) is 0.165. The SMILES string of the molecule is CC1(C)c2cc(/C=C/c3ccc4cc(N5c6ccccc6S(C)(C)c6ccccc65)ccc4c3)ccc2-c2ccc(N3c4ccccc4Cc4ccccc43)cc21. The molecular formula is C54H44N2S. The van der Waals surface area contributed by atoms with Gasteiger partial charge >= 0.3 is 0 Å². The largest absolute Gasteiger partial charge is 0.310 e. The van der Waals surface area contributed by atoms with Crippen molar-refractivity contribution in [2.45, 2.75) is 35.5 Å². The molecule has 3 aliphatic rings. The average molecular weight is 753 g/mol. The van der Waals surface area contributed by atoms with E-state index in [2.05, 4.69) is 218 Å². The second-order valence-electron chi connectivity index (χ2n) is 16.7. The molecule has 2 heterocycles. The van der Waals surface area contributed by atoms with Crippen molar-refractivity contribution in [2.24, 2.45) is 0 Å². The Morgan fingerprint density at radius 2 is 0.912 bits per heavy atom. The summed E-state index contributed by atoms with van der Waals surface area (Å²) in [5.41, 5.74) is 18.0. The molecule has 2 nitrogen and oxygen atoms in total. The first kappa shape index (κ1) is 34.0. The van der Waals surface area contributed by atoms with Gasteiger partial charge in [-0.15, -0.1) is 0 Å². The Balaban J connectivity index is 0.890. The third kappa shape index (κ3) is 5.26. The number of hydrogen-bond acceptors (Lipinski definition) is 2. The first-order valence-corrected chi connectivity index (χ1v) is 22.4. The van der Waals surface area contributed by atoms with Crippen LogP contribution in [0, 0.1) is 0 Å². The van der Waals surface area contributed by atoms with Gasteiger partial charge in [-0.05, 0) is 135 Å². The molecule has 0 saturated heterocycles. The summed E-state index contributed by atoms with van der Waals surface area (Å²) in [7, 11) is -1.12. The van der Waals surface area contributed by atoms with E-state index in [0.29, 0.717) is 0 Å². The maximum absolute atomic E-state index is 2.46. The van der Waals surface area contributed by atoms with E-state index >= 15 is 0 Å². The topological polar surface area (TPSA) is 6.48 Å². The smallest absolute Gasteiger partial charge is 0.0586 e. The highest BCUT2D eigenvalue weighted by molar-refractivity contribution is 8.33. The minimum Gasteiger partial charge on any atom is -0.310 e. The summed E-state index contributed by atoms with van der Waals surface area (Å²) < 4.78 is 0. The van der Waals surface area contributed by atoms with Crippen molar-refractivity contribution in [2.75, 3.05) is 22.3 Å². The van der Waals surface area contributed by atoms with E-state index in [0.717, 1.165) is 6.42 Å². The molecule has 0 saturated carbocycles. The van der Waals surface area contributed by atoms with Gasteiger partial charge < -0.3 is 9.80 Å². The molecule has 57 heavy (non-hydrogen) atoms. The normalized spacial score (nSPS) is 16.0. The summed E-state index contributed by atoms with van der Waals surface area (Å²) >= 11 is 0. The molecule has 8 aromatic rings. The van der Waals surface area contributed by atoms with Crippen LogP contribution in [0.3, 0.4) is 0 Å². The number of fused-ring (bicyclic) bond motifs is 8. The van der Waals surface area contributed by atoms with Crippen molar-refractivity contribution >= 4 is 67.1 Å². The summed E-state index contributed by atoms with van der Waals surface area (Å²) in [6.07, 6.45) is 10.3. The van der Waals surface area contributed by atoms with Gasteiger partial charge in [0.25, 0.3) is 0 Å². The lowest BCUT2D eigenvalue weighted by Gasteiger charge is -2.45. The van der Waals surface area contributed by atoms with Gasteiger partial charge in [0, 0.05) is 44.4 Å². The molecule has 0 radical (unpaired) electrons. The minimum absolute atomic E-state index is 0.132. The number of para-hydroxylation sites is 4. The highest BCUT2D eigenvalue weighted by atomic mass is 32.3. The Bertz CT molecular complexity index is 2870. The van der Waals surface area contributed by atoms with Crippen LogP contribution in [0.4, 0.5) is 34.1 Å². The molecule has 0 fully saturated rings. The van der Waals surface area contributed by atoms with Crippen LogP contribution in [0.5, 0.6) is 0 Å². The van der Waals surface area contributed by atoms with Crippen LogP contribution in [0.2, 0.25) is 0 Å². The van der Waals surface area contributed by atoms with Gasteiger partial charge in [-0.3, -0.25) is 0 Å². The van der Waals surface area contributed by atoms with Crippen LogP contribution < -0.4 is 9.80 Å². The van der Waals surface area contributed by atoms with Crippen LogP contribution in [0.25, 0.3) is 34.1 Å². The second-order valence-corrected chi connectivity index (χ2v) is 20.2. The molecule has 0 amide bonds. The lowest BCUT2D eigenvalue weighted by atomic mass is 9.81. The molecule has 3 heteroatoms. The fourth-order valence-corrected chi connectivity index (χ4v) is 12.2. The third-order valence-electron chi connectivity index (χ3n) is 12.7. The van der Waals surface area contributed by atoms with Crippen molar-refractivity contribution < 1.29 is 0 Å². The maximum Gasteiger partial charge on any atom is 0.0586 e. The Morgan fingerprint density at radius 3 is 1.58 bits per heavy atom. The van der Waals surface area contributed by atoms with Gasteiger partial charge in [0.2, 0.25) is 0 Å². The van der Waals surface area contributed by atoms with Crippen molar-refractivity contribution in [1.29, 1.82) is 0 Å². The van der Waals surface area contributed by atoms with Crippen LogP contribution in [0.15, 0.2) is 180 Å². The van der Waals surface area contributed by atoms with Crippen LogP contribution in [-0.2, 0) is 11.8 Å². The van der Waals surface area contributed by atoms with Crippen molar-refractivity contribution in [3.8, 4) is 11.1 Å². The summed E-state index contributed by atoms with van der Waals surface area (Å²) in [6, 6.07) is 63.4. The first-order valence-electron chi connectivity index (χ1n) is 19.9. The summed E-state index contributed by atoms with van der Waals surface area (Å²) in [4.78, 5) is 7.78. The molecule has 0 spiro atoms. The van der Waals surface area contributed by atoms with Crippen LogP contribution >= 0.6 is 10.0 Å². The molecule has 2 aliphatic heterocycles. The lowest BCUT2D eigenvalue weighted by molar-refractivity contribution is 0.660. The van der Waals surface area contributed by atoms with E-state index in [1.165, 1.54) is 99.2 Å². The monoisotopic (exact) mass is 752 g/mol. The first-order chi connectivity index (χ1) is 27.8. The minimum atomic E-state index is -1.12. The third-order valence-corrected chi connectivity index (χ3v) is 15.6. The zero-order chi connectivity index (χ0) is 38.5. The van der Waals surface area contributed by atoms with E-state index in [1.807, 2.05) is 0 Å². The van der Waals surface area contributed by atoms with E-state index in [4.69, 9.17) is 0 Å². The summed E-state index contributed by atoms with van der Waals surface area (Å²) in [6.45, 7) is 4.77. The predicted octanol–water partition coefficient (Wildman–Crippen LogP) is 15.0. The molecule has 0 bridgehead atoms. The van der Waals surface area contributed by atoms with Crippen molar-refractivity contribution in [1.82, 2.24) is 0 Å². The highest BCUT2D eigenvalue weighted by Crippen LogP contribution is 2.67. The Kier molecular flexibility index (Phi) is 7.52. The van der Waals surface area contributed by atoms with E-state index in [9.17, 15) is 0 Å². The molecule has 1 aliphatic carbocycles. The second kappa shape index (κ2) is 12.6. The molecule has 11 rings (SSSR count).